The molecule has 0 saturated carbocycles. The van der Waals surface area contributed by atoms with Crippen LogP contribution in [0.4, 0.5) is 0 Å². The van der Waals surface area contributed by atoms with Gasteiger partial charge in [-0.1, -0.05) is 0 Å². The lowest BCUT2D eigenvalue weighted by Gasteiger charge is -2.20. The summed E-state index contributed by atoms with van der Waals surface area (Å²) in [4.78, 5) is 13.6. The van der Waals surface area contributed by atoms with Crippen molar-refractivity contribution in [2.75, 3.05) is 33.9 Å². The summed E-state index contributed by atoms with van der Waals surface area (Å²) in [5.41, 5.74) is 0. The minimum atomic E-state index is 0.0579. The Morgan fingerprint density at radius 1 is 1.64 bits per heavy atom. The number of carbonyl (C=O) groups is 1. The van der Waals surface area contributed by atoms with Crippen molar-refractivity contribution in [3.05, 3.63) is 0 Å². The van der Waals surface area contributed by atoms with Gasteiger partial charge in [0.1, 0.15) is 0 Å². The molecule has 1 aliphatic heterocycles. The van der Waals surface area contributed by atoms with Crippen molar-refractivity contribution in [3.8, 4) is 0 Å². The summed E-state index contributed by atoms with van der Waals surface area (Å²) in [7, 11) is 3.54. The normalized spacial score (nSPS) is 21.1. The Morgan fingerprint density at radius 2 is 2.43 bits per heavy atom. The van der Waals surface area contributed by atoms with E-state index in [9.17, 15) is 4.79 Å². The number of ether oxygens (including phenoxy) is 1. The predicted octanol–water partition coefficient (Wildman–Crippen LogP) is 0.233. The van der Waals surface area contributed by atoms with Gasteiger partial charge in [-0.2, -0.15) is 0 Å². The summed E-state index contributed by atoms with van der Waals surface area (Å²) >= 11 is 0. The van der Waals surface area contributed by atoms with Gasteiger partial charge in [0.05, 0.1) is 6.04 Å². The van der Waals surface area contributed by atoms with Crippen LogP contribution in [0, 0.1) is 0 Å². The number of hydrogen-bond donors (Lipinski definition) is 1. The number of likely N-dealkylation sites (N-methyl/N-ethyl adjacent to an activating group) is 1. The lowest BCUT2D eigenvalue weighted by molar-refractivity contribution is -0.131. The van der Waals surface area contributed by atoms with Crippen LogP contribution >= 0.6 is 0 Å². The molecule has 1 aliphatic rings. The number of hydrogen-bond acceptors (Lipinski definition) is 3. The van der Waals surface area contributed by atoms with E-state index in [2.05, 4.69) is 5.32 Å². The van der Waals surface area contributed by atoms with Gasteiger partial charge >= 0.3 is 0 Å². The van der Waals surface area contributed by atoms with Crippen molar-refractivity contribution in [3.63, 3.8) is 0 Å². The van der Waals surface area contributed by atoms with E-state index in [1.165, 1.54) is 0 Å². The number of carbonyl (C=O) groups excluding carboxylic acids is 1. The lowest BCUT2D eigenvalue weighted by Crippen LogP contribution is -2.42. The minimum absolute atomic E-state index is 0.0579. The fourth-order valence-corrected chi connectivity index (χ4v) is 1.72. The quantitative estimate of drug-likeness (QED) is 0.646. The number of rotatable bonds is 5. The smallest absolute Gasteiger partial charge is 0.239 e. The molecule has 0 radical (unpaired) electrons. The maximum atomic E-state index is 11.8. The minimum Gasteiger partial charge on any atom is -0.385 e. The Labute approximate surface area is 85.6 Å². The highest BCUT2D eigenvalue weighted by Crippen LogP contribution is 2.07. The molecule has 1 fully saturated rings. The van der Waals surface area contributed by atoms with Crippen LogP contribution in [0.2, 0.25) is 0 Å². The summed E-state index contributed by atoms with van der Waals surface area (Å²) in [5, 5.41) is 3.21. The van der Waals surface area contributed by atoms with Crippen molar-refractivity contribution < 1.29 is 9.53 Å². The number of methoxy groups -OCH3 is 1. The van der Waals surface area contributed by atoms with Gasteiger partial charge < -0.3 is 15.0 Å². The van der Waals surface area contributed by atoms with Gasteiger partial charge in [0.2, 0.25) is 5.91 Å². The predicted molar refractivity (Wildman–Crippen MR) is 55.2 cm³/mol. The van der Waals surface area contributed by atoms with Crippen LogP contribution in [-0.2, 0) is 9.53 Å². The Kier molecular flexibility index (Phi) is 4.90. The lowest BCUT2D eigenvalue weighted by atomic mass is 10.2. The molecule has 82 valence electrons. The first-order valence-corrected chi connectivity index (χ1v) is 5.23. The molecule has 1 N–H and O–H groups in total. The first-order valence-electron chi connectivity index (χ1n) is 5.23. The van der Waals surface area contributed by atoms with Gasteiger partial charge in [-0.25, -0.2) is 0 Å². The Bertz CT molecular complexity index is 179. The van der Waals surface area contributed by atoms with E-state index >= 15 is 0 Å². The fraction of sp³-hybridized carbons (Fsp3) is 0.900. The van der Waals surface area contributed by atoms with E-state index in [4.69, 9.17) is 4.74 Å². The maximum Gasteiger partial charge on any atom is 0.239 e. The van der Waals surface area contributed by atoms with Crippen LogP contribution < -0.4 is 5.32 Å². The first kappa shape index (κ1) is 11.5. The van der Waals surface area contributed by atoms with Crippen LogP contribution in [0.25, 0.3) is 0 Å². The van der Waals surface area contributed by atoms with Crippen molar-refractivity contribution in [2.24, 2.45) is 0 Å². The molecule has 0 aliphatic carbocycles. The monoisotopic (exact) mass is 200 g/mol. The van der Waals surface area contributed by atoms with E-state index < -0.39 is 0 Å². The average molecular weight is 200 g/mol. The van der Waals surface area contributed by atoms with Gasteiger partial charge in [-0.15, -0.1) is 0 Å². The molecular weight excluding hydrogens is 180 g/mol. The van der Waals surface area contributed by atoms with Crippen LogP contribution in [-0.4, -0.2) is 50.7 Å². The number of nitrogens with zero attached hydrogens (tertiary/aromatic N) is 1. The van der Waals surface area contributed by atoms with E-state index in [0.717, 1.165) is 39.0 Å². The van der Waals surface area contributed by atoms with E-state index in [0.29, 0.717) is 0 Å². The molecule has 1 saturated heterocycles. The first-order chi connectivity index (χ1) is 6.75. The average Bonchev–Trinajstić information content (AvgIpc) is 2.69. The van der Waals surface area contributed by atoms with Crippen molar-refractivity contribution in [1.29, 1.82) is 0 Å². The molecule has 1 atom stereocenters. The van der Waals surface area contributed by atoms with Crippen LogP contribution in [0.3, 0.4) is 0 Å². The molecule has 1 amide bonds. The Hall–Kier alpha value is -0.610. The highest BCUT2D eigenvalue weighted by atomic mass is 16.5. The highest BCUT2D eigenvalue weighted by molar-refractivity contribution is 5.81. The Morgan fingerprint density at radius 3 is 3.00 bits per heavy atom. The molecule has 0 aromatic rings. The molecule has 14 heavy (non-hydrogen) atoms. The van der Waals surface area contributed by atoms with Crippen LogP contribution in [0.15, 0.2) is 0 Å². The van der Waals surface area contributed by atoms with Crippen molar-refractivity contribution in [2.45, 2.75) is 25.3 Å². The third kappa shape index (κ3) is 3.27. The summed E-state index contributed by atoms with van der Waals surface area (Å²) < 4.78 is 4.94. The van der Waals surface area contributed by atoms with Gasteiger partial charge in [0.25, 0.3) is 0 Å². The van der Waals surface area contributed by atoms with Crippen LogP contribution in [0.5, 0.6) is 0 Å². The topological polar surface area (TPSA) is 41.6 Å². The van der Waals surface area contributed by atoms with Crippen molar-refractivity contribution >= 4 is 5.91 Å². The summed E-state index contributed by atoms with van der Waals surface area (Å²) in [5.74, 6) is 0.221. The standard InChI is InChI=1S/C10H20N2O2/c1-12(7-4-8-14-2)10(13)9-5-3-6-11-9/h9,11H,3-8H2,1-2H3/t9-/m1/s1. The molecule has 1 rings (SSSR count). The van der Waals surface area contributed by atoms with Crippen molar-refractivity contribution in [1.82, 2.24) is 10.2 Å². The molecule has 4 nitrogen and oxygen atoms in total. The highest BCUT2D eigenvalue weighted by Gasteiger charge is 2.24. The molecule has 4 heteroatoms. The molecule has 0 aromatic carbocycles. The fourth-order valence-electron chi connectivity index (χ4n) is 1.72. The zero-order valence-corrected chi connectivity index (χ0v) is 9.08. The number of nitrogens with one attached hydrogen (secondary N) is 1. The molecular formula is C10H20N2O2. The Balaban J connectivity index is 2.21. The van der Waals surface area contributed by atoms with Gasteiger partial charge in [0, 0.05) is 27.3 Å². The summed E-state index contributed by atoms with van der Waals surface area (Å²) in [6.07, 6.45) is 3.00. The molecule has 0 unspecified atom stereocenters. The molecule has 1 heterocycles. The molecule has 0 bridgehead atoms. The summed E-state index contributed by atoms with van der Waals surface area (Å²) in [6, 6.07) is 0.0579. The third-order valence-electron chi connectivity index (χ3n) is 2.58. The number of amides is 1. The zero-order chi connectivity index (χ0) is 10.4. The summed E-state index contributed by atoms with van der Waals surface area (Å²) in [6.45, 7) is 2.48. The molecule has 0 spiro atoms. The van der Waals surface area contributed by atoms with E-state index in [1.807, 2.05) is 7.05 Å². The largest absolute Gasteiger partial charge is 0.385 e. The van der Waals surface area contributed by atoms with Crippen LogP contribution in [0.1, 0.15) is 19.3 Å². The second-order valence-electron chi connectivity index (χ2n) is 3.76. The van der Waals surface area contributed by atoms with Gasteiger partial charge in [-0.3, -0.25) is 4.79 Å². The third-order valence-corrected chi connectivity index (χ3v) is 2.58. The maximum absolute atomic E-state index is 11.8. The van der Waals surface area contributed by atoms with E-state index in [-0.39, 0.29) is 11.9 Å². The SMILES string of the molecule is COCCCN(C)C(=O)[C@H]1CCCN1. The van der Waals surface area contributed by atoms with E-state index in [1.54, 1.807) is 12.0 Å². The molecule has 0 aromatic heterocycles. The van der Waals surface area contributed by atoms with Gasteiger partial charge in [-0.05, 0) is 25.8 Å². The zero-order valence-electron chi connectivity index (χ0n) is 9.08. The van der Waals surface area contributed by atoms with Gasteiger partial charge in [0.15, 0.2) is 0 Å². The second-order valence-corrected chi connectivity index (χ2v) is 3.76. The second kappa shape index (κ2) is 5.98.